The average molecular weight is 346 g/mol. The lowest BCUT2D eigenvalue weighted by Crippen LogP contribution is -2.20. The second kappa shape index (κ2) is 6.14. The summed E-state index contributed by atoms with van der Waals surface area (Å²) in [6, 6.07) is 11.2. The first-order valence-electron chi connectivity index (χ1n) is 6.33. The van der Waals surface area contributed by atoms with Crippen molar-refractivity contribution in [3.05, 3.63) is 46.4 Å². The van der Waals surface area contributed by atoms with Gasteiger partial charge in [-0.1, -0.05) is 46.3 Å². The summed E-state index contributed by atoms with van der Waals surface area (Å²) in [4.78, 5) is 0. The van der Waals surface area contributed by atoms with Gasteiger partial charge in [0.25, 0.3) is 0 Å². The Bertz CT molecular complexity index is 595. The van der Waals surface area contributed by atoms with Gasteiger partial charge in [0.2, 0.25) is 0 Å². The van der Waals surface area contributed by atoms with E-state index < -0.39 is 12.6 Å². The van der Waals surface area contributed by atoms with Gasteiger partial charge in [0.15, 0.2) is 0 Å². The number of fused-ring (bicyclic) bond motifs is 1. The predicted molar refractivity (Wildman–Crippen MR) is 78.7 cm³/mol. The first-order chi connectivity index (χ1) is 9.42. The fraction of sp³-hybridized carbons (Fsp3) is 0.333. The quantitative estimate of drug-likeness (QED) is 0.802. The van der Waals surface area contributed by atoms with Crippen LogP contribution in [-0.2, 0) is 0 Å². The molecule has 0 saturated heterocycles. The van der Waals surface area contributed by atoms with E-state index in [0.29, 0.717) is 0 Å². The molecule has 20 heavy (non-hydrogen) atoms. The Balaban J connectivity index is 2.37. The van der Waals surface area contributed by atoms with Gasteiger partial charge in [-0.3, -0.25) is 0 Å². The lowest BCUT2D eigenvalue weighted by Gasteiger charge is -2.20. The van der Waals surface area contributed by atoms with Gasteiger partial charge < -0.3 is 5.32 Å². The largest absolute Gasteiger partial charge is 0.389 e. The molecule has 0 aliphatic heterocycles. The molecule has 1 unspecified atom stereocenters. The summed E-state index contributed by atoms with van der Waals surface area (Å²) >= 11 is 3.47. The van der Waals surface area contributed by atoms with Crippen molar-refractivity contribution in [2.75, 3.05) is 7.05 Å². The smallest absolute Gasteiger partial charge is 0.313 e. The maximum absolute atomic E-state index is 12.4. The summed E-state index contributed by atoms with van der Waals surface area (Å²) in [5.74, 6) is 0. The van der Waals surface area contributed by atoms with Crippen LogP contribution >= 0.6 is 15.9 Å². The van der Waals surface area contributed by atoms with Gasteiger partial charge in [-0.05, 0) is 35.9 Å². The third kappa shape index (κ3) is 3.52. The summed E-state index contributed by atoms with van der Waals surface area (Å²) in [7, 11) is 1.69. The van der Waals surface area contributed by atoms with Gasteiger partial charge in [-0.2, -0.15) is 13.2 Å². The Labute approximate surface area is 124 Å². The van der Waals surface area contributed by atoms with E-state index in [1.807, 2.05) is 36.4 Å². The van der Waals surface area contributed by atoms with Crippen LogP contribution in [0.3, 0.4) is 0 Å². The van der Waals surface area contributed by atoms with Crippen LogP contribution < -0.4 is 5.32 Å². The lowest BCUT2D eigenvalue weighted by atomic mass is 9.96. The molecule has 1 N–H and O–H groups in total. The molecule has 0 heterocycles. The number of nitrogens with one attached hydrogen (secondary N) is 1. The number of hydrogen-bond acceptors (Lipinski definition) is 1. The average Bonchev–Trinajstić information content (AvgIpc) is 2.41. The third-order valence-corrected chi connectivity index (χ3v) is 4.04. The number of hydrogen-bond donors (Lipinski definition) is 1. The molecule has 0 radical (unpaired) electrons. The molecule has 0 amide bonds. The van der Waals surface area contributed by atoms with E-state index in [4.69, 9.17) is 0 Å². The van der Waals surface area contributed by atoms with Gasteiger partial charge in [0.05, 0.1) is 0 Å². The second-order valence-electron chi connectivity index (χ2n) is 4.68. The molecule has 2 aromatic rings. The number of benzene rings is 2. The highest BCUT2D eigenvalue weighted by Crippen LogP contribution is 2.33. The monoisotopic (exact) mass is 345 g/mol. The van der Waals surface area contributed by atoms with Crippen molar-refractivity contribution in [2.24, 2.45) is 0 Å². The van der Waals surface area contributed by atoms with Crippen LogP contribution in [0.5, 0.6) is 0 Å². The second-order valence-corrected chi connectivity index (χ2v) is 5.53. The predicted octanol–water partition coefficient (Wildman–Crippen LogP) is 5.21. The van der Waals surface area contributed by atoms with Crippen LogP contribution in [0.2, 0.25) is 0 Å². The van der Waals surface area contributed by atoms with Gasteiger partial charge in [0.1, 0.15) is 0 Å². The maximum atomic E-state index is 12.4. The molecule has 0 aliphatic carbocycles. The van der Waals surface area contributed by atoms with Crippen molar-refractivity contribution in [2.45, 2.75) is 25.1 Å². The van der Waals surface area contributed by atoms with Gasteiger partial charge in [-0.15, -0.1) is 0 Å². The van der Waals surface area contributed by atoms with E-state index in [1.54, 1.807) is 7.05 Å². The van der Waals surface area contributed by atoms with Crippen molar-refractivity contribution >= 4 is 26.7 Å². The summed E-state index contributed by atoms with van der Waals surface area (Å²) in [6.07, 6.45) is -4.88. The van der Waals surface area contributed by atoms with E-state index >= 15 is 0 Å². The molecular weight excluding hydrogens is 331 g/mol. The zero-order valence-corrected chi connectivity index (χ0v) is 12.6. The minimum absolute atomic E-state index is 0.0334. The molecule has 1 atom stereocenters. The lowest BCUT2D eigenvalue weighted by molar-refractivity contribution is -0.136. The molecule has 0 fully saturated rings. The molecular formula is C15H15BrF3N. The molecule has 0 aromatic heterocycles. The number of halogens is 4. The van der Waals surface area contributed by atoms with Gasteiger partial charge >= 0.3 is 6.18 Å². The molecule has 0 bridgehead atoms. The van der Waals surface area contributed by atoms with Gasteiger partial charge in [0, 0.05) is 16.9 Å². The van der Waals surface area contributed by atoms with Crippen molar-refractivity contribution < 1.29 is 13.2 Å². The molecule has 5 heteroatoms. The van der Waals surface area contributed by atoms with Crippen molar-refractivity contribution in [3.8, 4) is 0 Å². The highest BCUT2D eigenvalue weighted by Gasteiger charge is 2.28. The fourth-order valence-electron chi connectivity index (χ4n) is 2.35. The Morgan fingerprint density at radius 3 is 2.35 bits per heavy atom. The summed E-state index contributed by atoms with van der Waals surface area (Å²) in [5, 5.41) is 4.97. The van der Waals surface area contributed by atoms with Crippen LogP contribution in [0.1, 0.15) is 24.4 Å². The topological polar surface area (TPSA) is 12.0 Å². The molecule has 0 saturated carbocycles. The summed E-state index contributed by atoms with van der Waals surface area (Å²) < 4.78 is 38.2. The third-order valence-electron chi connectivity index (χ3n) is 3.34. The van der Waals surface area contributed by atoms with Crippen molar-refractivity contribution in [1.82, 2.24) is 5.32 Å². The van der Waals surface area contributed by atoms with Crippen LogP contribution in [0.15, 0.2) is 40.9 Å². The number of alkyl halides is 3. The first kappa shape index (κ1) is 15.3. The minimum atomic E-state index is -4.12. The molecule has 2 aromatic carbocycles. The van der Waals surface area contributed by atoms with Crippen LogP contribution in [0, 0.1) is 0 Å². The standard InChI is InChI=1S/C15H15BrF3N/c1-20-14(8-9-15(17,18)19)12-6-7-13(16)11-5-3-2-4-10(11)12/h2-7,14,20H,8-9H2,1H3. The molecule has 108 valence electrons. The van der Waals surface area contributed by atoms with E-state index in [-0.39, 0.29) is 12.5 Å². The summed E-state index contributed by atoms with van der Waals surface area (Å²) in [6.45, 7) is 0. The molecule has 2 rings (SSSR count). The van der Waals surface area contributed by atoms with Crippen molar-refractivity contribution in [3.63, 3.8) is 0 Å². The number of rotatable bonds is 4. The first-order valence-corrected chi connectivity index (χ1v) is 7.13. The van der Waals surface area contributed by atoms with E-state index in [1.165, 1.54) is 0 Å². The fourth-order valence-corrected chi connectivity index (χ4v) is 2.83. The van der Waals surface area contributed by atoms with E-state index in [0.717, 1.165) is 20.8 Å². The Morgan fingerprint density at radius 2 is 1.75 bits per heavy atom. The molecule has 0 spiro atoms. The Kier molecular flexibility index (Phi) is 4.70. The van der Waals surface area contributed by atoms with Crippen LogP contribution in [0.25, 0.3) is 10.8 Å². The highest BCUT2D eigenvalue weighted by atomic mass is 79.9. The zero-order chi connectivity index (χ0) is 14.8. The molecule has 1 nitrogen and oxygen atoms in total. The normalized spacial score (nSPS) is 13.7. The van der Waals surface area contributed by atoms with Crippen molar-refractivity contribution in [1.29, 1.82) is 0 Å². The van der Waals surface area contributed by atoms with E-state index in [2.05, 4.69) is 21.2 Å². The Morgan fingerprint density at radius 1 is 1.10 bits per heavy atom. The highest BCUT2D eigenvalue weighted by molar-refractivity contribution is 9.10. The maximum Gasteiger partial charge on any atom is 0.389 e. The van der Waals surface area contributed by atoms with Crippen LogP contribution in [0.4, 0.5) is 13.2 Å². The SMILES string of the molecule is CNC(CCC(F)(F)F)c1ccc(Br)c2ccccc12. The Hall–Kier alpha value is -1.07. The summed E-state index contributed by atoms with van der Waals surface area (Å²) in [5.41, 5.74) is 0.899. The van der Waals surface area contributed by atoms with Gasteiger partial charge in [-0.25, -0.2) is 0 Å². The zero-order valence-electron chi connectivity index (χ0n) is 11.0. The molecule has 0 aliphatic rings. The minimum Gasteiger partial charge on any atom is -0.313 e. The van der Waals surface area contributed by atoms with E-state index in [9.17, 15) is 13.2 Å². The van der Waals surface area contributed by atoms with Crippen LogP contribution in [-0.4, -0.2) is 13.2 Å².